The summed E-state index contributed by atoms with van der Waals surface area (Å²) in [6.45, 7) is 0.814. The Kier molecular flexibility index (Phi) is 2.27. The first kappa shape index (κ1) is 6.02. The highest BCUT2D eigenvalue weighted by Gasteiger charge is 2.10. The van der Waals surface area contributed by atoms with Crippen LogP contribution in [0.2, 0.25) is 0 Å². The summed E-state index contributed by atoms with van der Waals surface area (Å²) in [5, 5.41) is 3.09. The minimum absolute atomic E-state index is 0.170. The van der Waals surface area contributed by atoms with Crippen molar-refractivity contribution in [3.8, 4) is 0 Å². The van der Waals surface area contributed by atoms with Gasteiger partial charge in [-0.1, -0.05) is 6.42 Å². The summed E-state index contributed by atoms with van der Waals surface area (Å²) in [6.07, 6.45) is 3.44. The average molecular weight is 117 g/mol. The maximum Gasteiger partial charge on any atom is 0.105 e. The second kappa shape index (κ2) is 3.02. The van der Waals surface area contributed by atoms with Crippen LogP contribution in [0, 0.1) is 0 Å². The van der Waals surface area contributed by atoms with Crippen LogP contribution in [0.3, 0.4) is 0 Å². The first-order valence-corrected chi connectivity index (χ1v) is 3.23. The Bertz CT molecular complexity index is 59.5. The van der Waals surface area contributed by atoms with E-state index in [4.69, 9.17) is 0 Å². The topological polar surface area (TPSA) is 12.0 Å². The third-order valence-corrected chi connectivity index (χ3v) is 1.60. The molecule has 1 heterocycles. The van der Waals surface area contributed by atoms with Crippen LogP contribution in [-0.2, 0) is 0 Å². The molecule has 0 aromatic rings. The standard InChI is InChI=1S/C6H12FN/c7-5-6-3-1-2-4-8-6/h6,8H,1-5H2/t6-/m1/s1. The van der Waals surface area contributed by atoms with Crippen LogP contribution in [0.25, 0.3) is 0 Å². The fourth-order valence-corrected chi connectivity index (χ4v) is 1.06. The van der Waals surface area contributed by atoms with E-state index in [-0.39, 0.29) is 12.7 Å². The summed E-state index contributed by atoms with van der Waals surface area (Å²) in [4.78, 5) is 0. The van der Waals surface area contributed by atoms with E-state index in [1.165, 1.54) is 12.8 Å². The number of rotatable bonds is 1. The fourth-order valence-electron chi connectivity index (χ4n) is 1.06. The van der Waals surface area contributed by atoms with Gasteiger partial charge in [0.25, 0.3) is 0 Å². The second-order valence-corrected chi connectivity index (χ2v) is 2.30. The third-order valence-electron chi connectivity index (χ3n) is 1.60. The molecule has 8 heavy (non-hydrogen) atoms. The van der Waals surface area contributed by atoms with Gasteiger partial charge in [-0.2, -0.15) is 0 Å². The number of nitrogens with one attached hydrogen (secondary N) is 1. The zero-order chi connectivity index (χ0) is 5.82. The van der Waals surface area contributed by atoms with Gasteiger partial charge < -0.3 is 5.32 Å². The molecule has 1 aliphatic heterocycles. The summed E-state index contributed by atoms with van der Waals surface area (Å²) in [5.74, 6) is 0. The average Bonchev–Trinajstić information content (AvgIpc) is 1.90. The van der Waals surface area contributed by atoms with Crippen molar-refractivity contribution in [2.75, 3.05) is 13.2 Å². The Morgan fingerprint density at radius 3 is 2.75 bits per heavy atom. The molecular weight excluding hydrogens is 105 g/mol. The molecule has 0 aliphatic carbocycles. The maximum atomic E-state index is 11.8. The Hall–Kier alpha value is -0.110. The largest absolute Gasteiger partial charge is 0.311 e. The van der Waals surface area contributed by atoms with Gasteiger partial charge in [0.2, 0.25) is 0 Å². The van der Waals surface area contributed by atoms with Crippen LogP contribution in [0.5, 0.6) is 0 Å². The van der Waals surface area contributed by atoms with Crippen molar-refractivity contribution in [2.24, 2.45) is 0 Å². The van der Waals surface area contributed by atoms with Crippen molar-refractivity contribution in [3.63, 3.8) is 0 Å². The summed E-state index contributed by atoms with van der Waals surface area (Å²) in [6, 6.07) is 0.170. The van der Waals surface area contributed by atoms with Gasteiger partial charge in [0, 0.05) is 6.04 Å². The zero-order valence-electron chi connectivity index (χ0n) is 4.99. The number of hydrogen-bond acceptors (Lipinski definition) is 1. The Morgan fingerprint density at radius 2 is 2.38 bits per heavy atom. The lowest BCUT2D eigenvalue weighted by Gasteiger charge is -2.19. The number of piperidine rings is 1. The lowest BCUT2D eigenvalue weighted by Crippen LogP contribution is -2.35. The number of alkyl halides is 1. The van der Waals surface area contributed by atoms with Crippen LogP contribution >= 0.6 is 0 Å². The van der Waals surface area contributed by atoms with E-state index in [1.807, 2.05) is 0 Å². The predicted molar refractivity (Wildman–Crippen MR) is 31.6 cm³/mol. The predicted octanol–water partition coefficient (Wildman–Crippen LogP) is 1.10. The van der Waals surface area contributed by atoms with E-state index in [1.54, 1.807) is 0 Å². The molecule has 0 aromatic carbocycles. The van der Waals surface area contributed by atoms with Crippen molar-refractivity contribution in [1.82, 2.24) is 5.32 Å². The van der Waals surface area contributed by atoms with Crippen molar-refractivity contribution >= 4 is 0 Å². The molecule has 1 fully saturated rings. The van der Waals surface area contributed by atoms with Crippen LogP contribution in [-0.4, -0.2) is 19.3 Å². The van der Waals surface area contributed by atoms with Gasteiger partial charge in [0.05, 0.1) is 0 Å². The van der Waals surface area contributed by atoms with E-state index in [2.05, 4.69) is 5.32 Å². The van der Waals surface area contributed by atoms with Gasteiger partial charge >= 0.3 is 0 Å². The molecule has 1 saturated heterocycles. The lowest BCUT2D eigenvalue weighted by molar-refractivity contribution is 0.320. The van der Waals surface area contributed by atoms with Crippen LogP contribution in [0.1, 0.15) is 19.3 Å². The van der Waals surface area contributed by atoms with Crippen molar-refractivity contribution in [3.05, 3.63) is 0 Å². The van der Waals surface area contributed by atoms with Gasteiger partial charge in [0.15, 0.2) is 0 Å². The highest BCUT2D eigenvalue weighted by atomic mass is 19.1. The van der Waals surface area contributed by atoms with Crippen molar-refractivity contribution in [2.45, 2.75) is 25.3 Å². The number of hydrogen-bond donors (Lipinski definition) is 1. The molecule has 0 saturated carbocycles. The zero-order valence-corrected chi connectivity index (χ0v) is 4.99. The van der Waals surface area contributed by atoms with E-state index in [0.29, 0.717) is 0 Å². The van der Waals surface area contributed by atoms with E-state index in [9.17, 15) is 4.39 Å². The van der Waals surface area contributed by atoms with Gasteiger partial charge in [-0.15, -0.1) is 0 Å². The molecule has 1 atom stereocenters. The second-order valence-electron chi connectivity index (χ2n) is 2.30. The Morgan fingerprint density at radius 1 is 1.50 bits per heavy atom. The lowest BCUT2D eigenvalue weighted by atomic mass is 10.1. The molecular formula is C6H12FN. The molecule has 0 bridgehead atoms. The van der Waals surface area contributed by atoms with Crippen molar-refractivity contribution in [1.29, 1.82) is 0 Å². The van der Waals surface area contributed by atoms with Gasteiger partial charge in [-0.25, -0.2) is 4.39 Å². The molecule has 1 nitrogen and oxygen atoms in total. The SMILES string of the molecule is FC[C@H]1CCCCN1. The summed E-state index contributed by atoms with van der Waals surface area (Å²) < 4.78 is 11.8. The minimum atomic E-state index is -0.194. The fraction of sp³-hybridized carbons (Fsp3) is 1.00. The molecule has 1 aliphatic rings. The van der Waals surface area contributed by atoms with Crippen LogP contribution in [0.15, 0.2) is 0 Å². The minimum Gasteiger partial charge on any atom is -0.311 e. The maximum absolute atomic E-state index is 11.8. The summed E-state index contributed by atoms with van der Waals surface area (Å²) >= 11 is 0. The molecule has 48 valence electrons. The van der Waals surface area contributed by atoms with Crippen LogP contribution < -0.4 is 5.32 Å². The molecule has 0 radical (unpaired) electrons. The molecule has 1 N–H and O–H groups in total. The highest BCUT2D eigenvalue weighted by Crippen LogP contribution is 2.06. The van der Waals surface area contributed by atoms with Gasteiger partial charge in [-0.3, -0.25) is 0 Å². The molecule has 0 amide bonds. The van der Waals surface area contributed by atoms with Gasteiger partial charge in [-0.05, 0) is 19.4 Å². The Labute approximate surface area is 49.3 Å². The smallest absolute Gasteiger partial charge is 0.105 e. The molecule has 0 aromatic heterocycles. The van der Waals surface area contributed by atoms with E-state index < -0.39 is 0 Å². The monoisotopic (exact) mass is 117 g/mol. The summed E-state index contributed by atoms with van der Waals surface area (Å²) in [7, 11) is 0. The first-order chi connectivity index (χ1) is 3.93. The normalized spacial score (nSPS) is 30.4. The Balaban J connectivity index is 2.13. The molecule has 0 unspecified atom stereocenters. The molecule has 2 heteroatoms. The van der Waals surface area contributed by atoms with Crippen molar-refractivity contribution < 1.29 is 4.39 Å². The first-order valence-electron chi connectivity index (χ1n) is 3.23. The number of halogens is 1. The summed E-state index contributed by atoms with van der Waals surface area (Å²) in [5.41, 5.74) is 0. The third kappa shape index (κ3) is 1.44. The van der Waals surface area contributed by atoms with Crippen LogP contribution in [0.4, 0.5) is 4.39 Å². The molecule has 0 spiro atoms. The molecule has 1 rings (SSSR count). The highest BCUT2D eigenvalue weighted by molar-refractivity contribution is 4.70. The van der Waals surface area contributed by atoms with E-state index >= 15 is 0 Å². The van der Waals surface area contributed by atoms with Gasteiger partial charge in [0.1, 0.15) is 6.67 Å². The van der Waals surface area contributed by atoms with E-state index in [0.717, 1.165) is 13.0 Å². The quantitative estimate of drug-likeness (QED) is 0.542.